The Kier molecular flexibility index (Phi) is 4.14. The molecule has 120 valence electrons. The number of aryl methyl sites for hydroxylation is 1. The number of rotatable bonds is 5. The molecule has 0 aliphatic heterocycles. The molecule has 0 amide bonds. The summed E-state index contributed by atoms with van der Waals surface area (Å²) >= 11 is 0. The molecule has 0 radical (unpaired) electrons. The summed E-state index contributed by atoms with van der Waals surface area (Å²) < 4.78 is 0. The van der Waals surface area contributed by atoms with Crippen molar-refractivity contribution in [1.82, 2.24) is 15.0 Å². The van der Waals surface area contributed by atoms with Crippen LogP contribution in [0, 0.1) is 6.92 Å². The van der Waals surface area contributed by atoms with Crippen LogP contribution in [-0.4, -0.2) is 49.6 Å². The second-order valence-electron chi connectivity index (χ2n) is 5.38. The molecule has 0 bridgehead atoms. The van der Waals surface area contributed by atoms with Crippen LogP contribution in [0.4, 0.5) is 5.69 Å². The van der Waals surface area contributed by atoms with Crippen LogP contribution >= 0.6 is 0 Å². The first-order chi connectivity index (χ1) is 11.1. The number of nitrogens with zero attached hydrogens (tertiary/aromatic N) is 3. The summed E-state index contributed by atoms with van der Waals surface area (Å²) in [6.07, 6.45) is -0.899. The number of phenolic OH excluding ortho intramolecular Hbond substituents is 1. The first-order valence-corrected chi connectivity index (χ1v) is 7.27. The van der Waals surface area contributed by atoms with Crippen LogP contribution in [-0.2, 0) is 0 Å². The van der Waals surface area contributed by atoms with E-state index in [9.17, 15) is 10.2 Å². The Hall–Kier alpha value is -2.64. The number of aliphatic hydroxyl groups excluding tert-OH is 2. The molecule has 0 fully saturated rings. The number of hydrogen-bond acceptors (Lipinski definition) is 6. The summed E-state index contributed by atoms with van der Waals surface area (Å²) in [7, 11) is 0. The van der Waals surface area contributed by atoms with Gasteiger partial charge in [0.2, 0.25) is 0 Å². The van der Waals surface area contributed by atoms with Gasteiger partial charge in [-0.1, -0.05) is 12.1 Å². The van der Waals surface area contributed by atoms with Gasteiger partial charge in [-0.05, 0) is 36.8 Å². The van der Waals surface area contributed by atoms with E-state index in [-0.39, 0.29) is 18.9 Å². The highest BCUT2D eigenvalue weighted by Crippen LogP contribution is 2.32. The maximum absolute atomic E-state index is 10.5. The van der Waals surface area contributed by atoms with Gasteiger partial charge in [0.05, 0.1) is 18.4 Å². The maximum Gasteiger partial charge on any atom is 0.166 e. The van der Waals surface area contributed by atoms with Crippen molar-refractivity contribution in [2.45, 2.75) is 13.0 Å². The normalized spacial score (nSPS) is 12.5. The minimum Gasteiger partial charge on any atom is -0.504 e. The number of aromatic nitrogens is 3. The fourth-order valence-corrected chi connectivity index (χ4v) is 2.31. The summed E-state index contributed by atoms with van der Waals surface area (Å²) in [5.41, 5.74) is 3.27. The first kappa shape index (κ1) is 15.3. The molecule has 7 heteroatoms. The van der Waals surface area contributed by atoms with Crippen molar-refractivity contribution in [3.63, 3.8) is 0 Å². The van der Waals surface area contributed by atoms with Gasteiger partial charge in [-0.15, -0.1) is 15.0 Å². The Labute approximate surface area is 132 Å². The summed E-state index contributed by atoms with van der Waals surface area (Å²) in [6.45, 7) is 1.67. The van der Waals surface area contributed by atoms with E-state index in [1.165, 1.54) is 4.80 Å². The van der Waals surface area contributed by atoms with Crippen molar-refractivity contribution >= 4 is 16.7 Å². The van der Waals surface area contributed by atoms with Gasteiger partial charge in [-0.25, -0.2) is 0 Å². The number of aliphatic hydroxyl groups is 2. The fraction of sp³-hybridized carbons (Fsp3) is 0.250. The zero-order valence-corrected chi connectivity index (χ0v) is 12.6. The van der Waals surface area contributed by atoms with Crippen molar-refractivity contribution in [1.29, 1.82) is 0 Å². The molecular formula is C16H18N4O3. The molecule has 1 unspecified atom stereocenters. The number of hydrogen-bond donors (Lipinski definition) is 4. The van der Waals surface area contributed by atoms with Crippen molar-refractivity contribution < 1.29 is 15.3 Å². The van der Waals surface area contributed by atoms with E-state index >= 15 is 0 Å². The quantitative estimate of drug-likeness (QED) is 0.528. The van der Waals surface area contributed by atoms with Crippen LogP contribution in [0.2, 0.25) is 0 Å². The van der Waals surface area contributed by atoms with Gasteiger partial charge in [0.25, 0.3) is 0 Å². The zero-order valence-electron chi connectivity index (χ0n) is 12.6. The Balaban J connectivity index is 2.00. The summed E-state index contributed by atoms with van der Waals surface area (Å²) in [4.78, 5) is 1.39. The average molecular weight is 314 g/mol. The summed E-state index contributed by atoms with van der Waals surface area (Å²) in [6, 6.07) is 11.0. The van der Waals surface area contributed by atoms with E-state index in [0.29, 0.717) is 11.4 Å². The Morgan fingerprint density at radius 2 is 1.83 bits per heavy atom. The molecule has 1 atom stereocenters. The van der Waals surface area contributed by atoms with Crippen LogP contribution in [0.25, 0.3) is 16.7 Å². The third-order valence-corrected chi connectivity index (χ3v) is 3.48. The molecule has 1 aromatic heterocycles. The molecule has 0 saturated heterocycles. The van der Waals surface area contributed by atoms with Gasteiger partial charge in [-0.3, -0.25) is 0 Å². The van der Waals surface area contributed by atoms with Crippen molar-refractivity contribution in [2.24, 2.45) is 0 Å². The molecule has 0 saturated carbocycles. The van der Waals surface area contributed by atoms with E-state index < -0.39 is 6.10 Å². The van der Waals surface area contributed by atoms with Crippen LogP contribution in [0.3, 0.4) is 0 Å². The molecular weight excluding hydrogens is 296 g/mol. The Bertz CT molecular complexity index is 798. The van der Waals surface area contributed by atoms with Crippen molar-refractivity contribution in [3.8, 4) is 11.4 Å². The lowest BCUT2D eigenvalue weighted by atomic mass is 10.1. The number of aromatic hydroxyl groups is 1. The van der Waals surface area contributed by atoms with Crippen molar-refractivity contribution in [3.05, 3.63) is 42.0 Å². The SMILES string of the molecule is Cc1cc(NCC(O)CO)c(O)c(-n2nc3ccccc3n2)c1. The predicted octanol–water partition coefficient (Wildman–Crippen LogP) is 1.20. The van der Waals surface area contributed by atoms with E-state index in [2.05, 4.69) is 15.5 Å². The minimum absolute atomic E-state index is 0.0129. The van der Waals surface area contributed by atoms with Gasteiger partial charge >= 0.3 is 0 Å². The molecule has 0 aliphatic carbocycles. The largest absolute Gasteiger partial charge is 0.504 e. The van der Waals surface area contributed by atoms with Gasteiger partial charge < -0.3 is 20.6 Å². The zero-order chi connectivity index (χ0) is 16.4. The Morgan fingerprint density at radius 3 is 2.43 bits per heavy atom. The molecule has 4 N–H and O–H groups in total. The van der Waals surface area contributed by atoms with Crippen LogP contribution in [0.1, 0.15) is 5.56 Å². The Morgan fingerprint density at radius 1 is 1.17 bits per heavy atom. The second-order valence-corrected chi connectivity index (χ2v) is 5.38. The van der Waals surface area contributed by atoms with Crippen LogP contribution in [0.15, 0.2) is 36.4 Å². The van der Waals surface area contributed by atoms with Crippen LogP contribution in [0.5, 0.6) is 5.75 Å². The number of anilines is 1. The maximum atomic E-state index is 10.5. The summed E-state index contributed by atoms with van der Waals surface area (Å²) in [5, 5.41) is 40.4. The van der Waals surface area contributed by atoms with Gasteiger partial charge in [-0.2, -0.15) is 0 Å². The average Bonchev–Trinajstić information content (AvgIpc) is 2.98. The van der Waals surface area contributed by atoms with E-state index in [1.54, 1.807) is 12.1 Å². The predicted molar refractivity (Wildman–Crippen MR) is 86.8 cm³/mol. The van der Waals surface area contributed by atoms with E-state index in [1.807, 2.05) is 31.2 Å². The van der Waals surface area contributed by atoms with Crippen molar-refractivity contribution in [2.75, 3.05) is 18.5 Å². The molecule has 3 aromatic rings. The van der Waals surface area contributed by atoms with Crippen LogP contribution < -0.4 is 5.32 Å². The number of benzene rings is 2. The van der Waals surface area contributed by atoms with E-state index in [4.69, 9.17) is 5.11 Å². The number of fused-ring (bicyclic) bond motifs is 1. The monoisotopic (exact) mass is 314 g/mol. The molecule has 0 aliphatic rings. The molecule has 23 heavy (non-hydrogen) atoms. The molecule has 0 spiro atoms. The standard InChI is InChI=1S/C16H18N4O3/c1-10-6-14(17-8-11(22)9-21)16(23)15(7-10)20-18-12-4-2-3-5-13(12)19-20/h2-7,11,17,21-23H,8-9H2,1H3. The fourth-order valence-electron chi connectivity index (χ4n) is 2.31. The third kappa shape index (κ3) is 3.10. The molecule has 1 heterocycles. The molecule has 3 rings (SSSR count). The van der Waals surface area contributed by atoms with Gasteiger partial charge in [0, 0.05) is 6.54 Å². The minimum atomic E-state index is -0.899. The third-order valence-electron chi connectivity index (χ3n) is 3.48. The highest BCUT2D eigenvalue weighted by atomic mass is 16.3. The summed E-state index contributed by atoms with van der Waals surface area (Å²) in [5.74, 6) is -0.0129. The second kappa shape index (κ2) is 6.23. The lowest BCUT2D eigenvalue weighted by Gasteiger charge is -2.14. The topological polar surface area (TPSA) is 103 Å². The molecule has 2 aromatic carbocycles. The van der Waals surface area contributed by atoms with Gasteiger partial charge in [0.15, 0.2) is 5.75 Å². The highest BCUT2D eigenvalue weighted by Gasteiger charge is 2.14. The number of phenols is 1. The smallest absolute Gasteiger partial charge is 0.166 e. The van der Waals surface area contributed by atoms with Gasteiger partial charge in [0.1, 0.15) is 16.7 Å². The lowest BCUT2D eigenvalue weighted by Crippen LogP contribution is -2.23. The lowest BCUT2D eigenvalue weighted by molar-refractivity contribution is 0.105. The highest BCUT2D eigenvalue weighted by molar-refractivity contribution is 5.74. The van der Waals surface area contributed by atoms with E-state index in [0.717, 1.165) is 16.6 Å². The number of nitrogens with one attached hydrogen (secondary N) is 1. The molecule has 7 nitrogen and oxygen atoms in total. The first-order valence-electron chi connectivity index (χ1n) is 7.27.